The first-order valence-electron chi connectivity index (χ1n) is 7.77. The molecule has 0 bridgehead atoms. The molecule has 0 saturated carbocycles. The molecule has 1 aromatic rings. The molecule has 1 unspecified atom stereocenters. The van der Waals surface area contributed by atoms with Crippen LogP contribution in [0, 0.1) is 0 Å². The summed E-state index contributed by atoms with van der Waals surface area (Å²) in [6.45, 7) is 1.87. The van der Waals surface area contributed by atoms with Gasteiger partial charge < -0.3 is 4.90 Å². The summed E-state index contributed by atoms with van der Waals surface area (Å²) in [5.41, 5.74) is 1.76. The van der Waals surface area contributed by atoms with Gasteiger partial charge in [0.25, 0.3) is 5.91 Å². The Labute approximate surface area is 139 Å². The van der Waals surface area contributed by atoms with Gasteiger partial charge >= 0.3 is 0 Å². The van der Waals surface area contributed by atoms with Gasteiger partial charge in [-0.2, -0.15) is 0 Å². The first kappa shape index (κ1) is 16.6. The number of imide groups is 1. The maximum absolute atomic E-state index is 12.6. The zero-order valence-corrected chi connectivity index (χ0v) is 14.1. The van der Waals surface area contributed by atoms with Gasteiger partial charge in [-0.3, -0.25) is 19.7 Å². The maximum Gasteiger partial charge on any atom is 0.255 e. The highest BCUT2D eigenvalue weighted by atomic mass is 32.2. The van der Waals surface area contributed by atoms with E-state index in [1.807, 2.05) is 0 Å². The zero-order chi connectivity index (χ0) is 17.5. The van der Waals surface area contributed by atoms with Crippen LogP contribution in [0.4, 0.5) is 0 Å². The second-order valence-corrected chi connectivity index (χ2v) is 8.42. The summed E-state index contributed by atoms with van der Waals surface area (Å²) < 4.78 is 23.5. The Morgan fingerprint density at radius 2 is 2.00 bits per heavy atom. The van der Waals surface area contributed by atoms with Crippen LogP contribution in [0.15, 0.2) is 18.2 Å². The lowest BCUT2D eigenvalue weighted by atomic mass is 10.0. The smallest absolute Gasteiger partial charge is 0.255 e. The van der Waals surface area contributed by atoms with Gasteiger partial charge in [0, 0.05) is 24.3 Å². The highest BCUT2D eigenvalue weighted by molar-refractivity contribution is 7.90. The fraction of sp³-hybridized carbons (Fsp3) is 0.438. The predicted molar refractivity (Wildman–Crippen MR) is 85.7 cm³/mol. The molecular formula is C16H18N2O5S. The van der Waals surface area contributed by atoms with Crippen molar-refractivity contribution in [1.29, 1.82) is 0 Å². The molecule has 1 fully saturated rings. The van der Waals surface area contributed by atoms with Crippen molar-refractivity contribution in [3.63, 3.8) is 0 Å². The zero-order valence-electron chi connectivity index (χ0n) is 13.2. The first-order chi connectivity index (χ1) is 11.3. The molecule has 3 rings (SSSR count). The average Bonchev–Trinajstić information content (AvgIpc) is 2.84. The van der Waals surface area contributed by atoms with Crippen molar-refractivity contribution in [2.75, 3.05) is 5.75 Å². The molecule has 1 saturated heterocycles. The van der Waals surface area contributed by atoms with Gasteiger partial charge in [-0.1, -0.05) is 19.1 Å². The number of hydrogen-bond donors (Lipinski definition) is 1. The van der Waals surface area contributed by atoms with Gasteiger partial charge in [0.05, 0.1) is 5.75 Å². The summed E-state index contributed by atoms with van der Waals surface area (Å²) in [6, 6.07) is 4.37. The van der Waals surface area contributed by atoms with Crippen molar-refractivity contribution >= 4 is 27.6 Å². The number of amides is 3. The van der Waals surface area contributed by atoms with E-state index in [0.717, 1.165) is 5.56 Å². The number of fused-ring (bicyclic) bond motifs is 1. The quantitative estimate of drug-likeness (QED) is 0.792. The molecule has 7 nitrogen and oxygen atoms in total. The monoisotopic (exact) mass is 350 g/mol. The number of sulfone groups is 1. The van der Waals surface area contributed by atoms with Gasteiger partial charge in [-0.05, 0) is 23.6 Å². The molecule has 0 spiro atoms. The molecule has 8 heteroatoms. The molecule has 2 heterocycles. The van der Waals surface area contributed by atoms with Crippen LogP contribution in [0.2, 0.25) is 0 Å². The largest absolute Gasteiger partial charge is 0.322 e. The summed E-state index contributed by atoms with van der Waals surface area (Å²) in [5, 5.41) is 2.25. The Morgan fingerprint density at radius 3 is 2.67 bits per heavy atom. The van der Waals surface area contributed by atoms with Crippen LogP contribution in [0.5, 0.6) is 0 Å². The molecule has 0 radical (unpaired) electrons. The Hall–Kier alpha value is -2.22. The van der Waals surface area contributed by atoms with E-state index in [2.05, 4.69) is 5.32 Å². The summed E-state index contributed by atoms with van der Waals surface area (Å²) >= 11 is 0. The van der Waals surface area contributed by atoms with Crippen molar-refractivity contribution in [3.05, 3.63) is 34.9 Å². The second kappa shape index (κ2) is 6.01. The fourth-order valence-electron chi connectivity index (χ4n) is 3.05. The summed E-state index contributed by atoms with van der Waals surface area (Å²) in [4.78, 5) is 37.3. The van der Waals surface area contributed by atoms with Gasteiger partial charge in [0.15, 0.2) is 9.84 Å². The second-order valence-electron chi connectivity index (χ2n) is 6.07. The lowest BCUT2D eigenvalue weighted by molar-refractivity contribution is -0.136. The van der Waals surface area contributed by atoms with E-state index in [9.17, 15) is 22.8 Å². The topological polar surface area (TPSA) is 101 Å². The van der Waals surface area contributed by atoms with Crippen LogP contribution in [0.25, 0.3) is 0 Å². The van der Waals surface area contributed by atoms with Crippen LogP contribution in [-0.4, -0.2) is 42.8 Å². The molecule has 0 aromatic heterocycles. The van der Waals surface area contributed by atoms with E-state index in [1.54, 1.807) is 25.1 Å². The van der Waals surface area contributed by atoms with Gasteiger partial charge in [0.1, 0.15) is 6.04 Å². The standard InChI is InChI=1S/C16H18N2O5S/c1-2-24(22,23)9-10-3-4-11-8-18(16(21)12(11)7-10)13-5-6-14(19)17-15(13)20/h3-4,7,13H,2,5-6,8-9H2,1H3,(H,17,19,20). The van der Waals surface area contributed by atoms with E-state index in [1.165, 1.54) is 4.90 Å². The van der Waals surface area contributed by atoms with Crippen molar-refractivity contribution in [2.24, 2.45) is 0 Å². The molecule has 24 heavy (non-hydrogen) atoms. The van der Waals surface area contributed by atoms with Gasteiger partial charge in [0.2, 0.25) is 11.8 Å². The molecule has 3 amide bonds. The third kappa shape index (κ3) is 3.06. The number of benzene rings is 1. The minimum atomic E-state index is -3.18. The van der Waals surface area contributed by atoms with E-state index < -0.39 is 21.8 Å². The minimum Gasteiger partial charge on any atom is -0.322 e. The van der Waals surface area contributed by atoms with Crippen molar-refractivity contribution < 1.29 is 22.8 Å². The molecule has 1 atom stereocenters. The van der Waals surface area contributed by atoms with Gasteiger partial charge in [-0.15, -0.1) is 0 Å². The van der Waals surface area contributed by atoms with Crippen molar-refractivity contribution in [2.45, 2.75) is 38.1 Å². The molecule has 2 aliphatic heterocycles. The number of carbonyl (C=O) groups is 3. The number of carbonyl (C=O) groups excluding carboxylic acids is 3. The first-order valence-corrected chi connectivity index (χ1v) is 9.60. The molecular weight excluding hydrogens is 332 g/mol. The molecule has 2 aliphatic rings. The van der Waals surface area contributed by atoms with Crippen molar-refractivity contribution in [1.82, 2.24) is 10.2 Å². The third-order valence-corrected chi connectivity index (χ3v) is 6.07. The SMILES string of the molecule is CCS(=O)(=O)Cc1ccc2c(c1)C(=O)N(C1CCC(=O)NC1=O)C2. The maximum atomic E-state index is 12.6. The fourth-order valence-corrected chi connectivity index (χ4v) is 3.94. The highest BCUT2D eigenvalue weighted by Crippen LogP contribution is 2.28. The number of rotatable bonds is 4. The van der Waals surface area contributed by atoms with Crippen molar-refractivity contribution in [3.8, 4) is 0 Å². The number of nitrogens with one attached hydrogen (secondary N) is 1. The Balaban J connectivity index is 1.83. The summed E-state index contributed by atoms with van der Waals surface area (Å²) in [7, 11) is -3.18. The van der Waals surface area contributed by atoms with Crippen LogP contribution in [0.1, 0.15) is 41.3 Å². The van der Waals surface area contributed by atoms with Crippen LogP contribution in [0.3, 0.4) is 0 Å². The number of hydrogen-bond acceptors (Lipinski definition) is 5. The van der Waals surface area contributed by atoms with E-state index in [4.69, 9.17) is 0 Å². The minimum absolute atomic E-state index is 0.0421. The van der Waals surface area contributed by atoms with Crippen LogP contribution < -0.4 is 5.32 Å². The Kier molecular flexibility index (Phi) is 4.16. The molecule has 1 aromatic carbocycles. The van der Waals surface area contributed by atoms with Crippen LogP contribution in [-0.2, 0) is 31.7 Å². The molecule has 0 aliphatic carbocycles. The lowest BCUT2D eigenvalue weighted by Gasteiger charge is -2.29. The molecule has 128 valence electrons. The molecule has 1 N–H and O–H groups in total. The highest BCUT2D eigenvalue weighted by Gasteiger charge is 2.39. The Morgan fingerprint density at radius 1 is 1.25 bits per heavy atom. The predicted octanol–water partition coefficient (Wildman–Crippen LogP) is 0.382. The summed E-state index contributed by atoms with van der Waals surface area (Å²) in [6.07, 6.45) is 0.512. The summed E-state index contributed by atoms with van der Waals surface area (Å²) in [5.74, 6) is -1.15. The van der Waals surface area contributed by atoms with E-state index >= 15 is 0 Å². The normalized spacial score (nSPS) is 21.0. The number of nitrogens with zero attached hydrogens (tertiary/aromatic N) is 1. The van der Waals surface area contributed by atoms with E-state index in [-0.39, 0.29) is 29.7 Å². The van der Waals surface area contributed by atoms with Gasteiger partial charge in [-0.25, -0.2) is 8.42 Å². The third-order valence-electron chi connectivity index (χ3n) is 4.42. The average molecular weight is 350 g/mol. The lowest BCUT2D eigenvalue weighted by Crippen LogP contribution is -2.52. The number of piperidine rings is 1. The Bertz CT molecular complexity index is 831. The van der Waals surface area contributed by atoms with E-state index in [0.29, 0.717) is 24.1 Å². The van der Waals surface area contributed by atoms with Crippen LogP contribution >= 0.6 is 0 Å².